The molecule has 3 aromatic rings. The summed E-state index contributed by atoms with van der Waals surface area (Å²) in [4.78, 5) is 11.0. The lowest BCUT2D eigenvalue weighted by molar-refractivity contribution is 0.0719. The van der Waals surface area contributed by atoms with Crippen LogP contribution in [0.4, 0.5) is 0 Å². The smallest absolute Gasteiger partial charge is 0.213 e. The fourth-order valence-electron chi connectivity index (χ4n) is 2.49. The second-order valence-corrected chi connectivity index (χ2v) is 6.70. The van der Waals surface area contributed by atoms with E-state index in [0.717, 1.165) is 18.5 Å². The third-order valence-electron chi connectivity index (χ3n) is 3.69. The van der Waals surface area contributed by atoms with Gasteiger partial charge in [-0.2, -0.15) is 14.7 Å². The molecule has 1 aliphatic heterocycles. The van der Waals surface area contributed by atoms with E-state index < -0.39 is 51.8 Å². The molecule has 0 saturated carbocycles. The fraction of sp³-hybridized carbons (Fsp3) is 0.375. The summed E-state index contributed by atoms with van der Waals surface area (Å²) in [6.45, 7) is -11.3. The molecule has 0 bridgehead atoms. The Labute approximate surface area is 165 Å². The van der Waals surface area contributed by atoms with Crippen LogP contribution in [0, 0.1) is 11.3 Å². The van der Waals surface area contributed by atoms with E-state index in [9.17, 15) is 13.7 Å². The van der Waals surface area contributed by atoms with Crippen LogP contribution in [0.2, 0.25) is 0 Å². The van der Waals surface area contributed by atoms with Crippen LogP contribution in [-0.2, 0) is 15.6 Å². The van der Waals surface area contributed by atoms with Crippen molar-refractivity contribution in [3.05, 3.63) is 31.0 Å². The third kappa shape index (κ3) is 2.48. The predicted molar refractivity (Wildman–Crippen MR) is 94.3 cm³/mol. The molecular weight excluding hydrogens is 354 g/mol. The second-order valence-electron chi connectivity index (χ2n) is 5.18. The molecule has 10 heteroatoms. The lowest BCUT2D eigenvalue weighted by Crippen LogP contribution is -2.64. The molecule has 9 nitrogen and oxygen atoms in total. The van der Waals surface area contributed by atoms with Crippen LogP contribution in [-0.4, -0.2) is 56.2 Å². The molecule has 0 aromatic carbocycles. The van der Waals surface area contributed by atoms with Crippen molar-refractivity contribution < 1.29 is 23.5 Å². The Morgan fingerprint density at radius 3 is 3.15 bits per heavy atom. The van der Waals surface area contributed by atoms with Gasteiger partial charge in [-0.3, -0.25) is 4.68 Å². The molecule has 1 fully saturated rings. The highest BCUT2D eigenvalue weighted by Crippen LogP contribution is 2.35. The molecule has 0 aliphatic carbocycles. The van der Waals surface area contributed by atoms with Crippen molar-refractivity contribution in [2.75, 3.05) is 18.7 Å². The summed E-state index contributed by atoms with van der Waals surface area (Å²) in [5.74, 6) is 0. The molecule has 3 aromatic heterocycles. The first-order valence-electron chi connectivity index (χ1n) is 12.5. The quantitative estimate of drug-likeness (QED) is 0.705. The topological polar surface area (TPSA) is 121 Å². The maximum atomic E-state index is 13.0. The Bertz CT molecular complexity index is 1520. The summed E-state index contributed by atoms with van der Waals surface area (Å²) in [7, 11) is -5.98. The molecule has 26 heavy (non-hydrogen) atoms. The number of nitrogens with one attached hydrogen (secondary N) is 1. The molecule has 0 atom stereocenters. The zero-order valence-corrected chi connectivity index (χ0v) is 13.6. The fourth-order valence-corrected chi connectivity index (χ4v) is 3.08. The van der Waals surface area contributed by atoms with Gasteiger partial charge in [0.05, 0.1) is 30.0 Å². The number of aromatic amines is 1. The van der Waals surface area contributed by atoms with E-state index in [4.69, 9.17) is 15.1 Å². The Hall–Kier alpha value is -2.77. The summed E-state index contributed by atoms with van der Waals surface area (Å²) >= 11 is 0. The second kappa shape index (κ2) is 5.89. The summed E-state index contributed by atoms with van der Waals surface area (Å²) in [5, 5.41) is 13.9. The van der Waals surface area contributed by atoms with Crippen LogP contribution < -0.4 is 0 Å². The number of fused-ring (bicyclic) bond motifs is 1. The lowest BCUT2D eigenvalue weighted by atomic mass is 9.89. The van der Waals surface area contributed by atoms with E-state index in [1.165, 1.54) is 6.33 Å². The van der Waals surface area contributed by atoms with E-state index in [0.29, 0.717) is 15.7 Å². The monoisotopic (exact) mass is 382 g/mol. The van der Waals surface area contributed by atoms with Gasteiger partial charge in [-0.1, -0.05) is 0 Å². The maximum absolute atomic E-state index is 13.0. The first kappa shape index (κ1) is 8.28. The van der Waals surface area contributed by atoms with Crippen molar-refractivity contribution in [3.63, 3.8) is 0 Å². The molecule has 1 N–H and O–H groups in total. The largest absolute Gasteiger partial charge is 0.346 e. The maximum Gasteiger partial charge on any atom is 0.213 e. The van der Waals surface area contributed by atoms with Crippen molar-refractivity contribution in [3.8, 4) is 17.3 Å². The number of H-pyrrole nitrogens is 1. The molecule has 134 valence electrons. The molecule has 0 unspecified atom stereocenters. The zero-order chi connectivity index (χ0) is 28.0. The van der Waals surface area contributed by atoms with Gasteiger partial charge in [0.15, 0.2) is 0 Å². The minimum Gasteiger partial charge on any atom is -0.346 e. The highest BCUT2D eigenvalue weighted by Gasteiger charge is 2.49. The molecule has 0 amide bonds. The standard InChI is InChI=1S/C16H17N7O2S/c1-2-26(24,25)22-9-16(10-22,4-5-17)23-8-12(7-21-23)14-13-3-6-18-15(13)20-11-19-14/h3,6-8,11H,2,4,9-10H2,1H3,(H,18,19,20)/i1D3,2D2,4D2,9D2,10D2. The molecule has 0 radical (unpaired) electrons. The normalized spacial score (nSPS) is 28.8. The number of sulfonamides is 1. The van der Waals surface area contributed by atoms with Crippen LogP contribution in [0.15, 0.2) is 31.0 Å². The summed E-state index contributed by atoms with van der Waals surface area (Å²) in [5.41, 5.74) is -6.80. The Morgan fingerprint density at radius 1 is 1.54 bits per heavy atom. The molecule has 1 aliphatic rings. The van der Waals surface area contributed by atoms with Crippen LogP contribution in [0.5, 0.6) is 0 Å². The number of aromatic nitrogens is 5. The van der Waals surface area contributed by atoms with Crippen LogP contribution in [0.1, 0.15) is 28.3 Å². The lowest BCUT2D eigenvalue weighted by Gasteiger charge is -2.47. The van der Waals surface area contributed by atoms with Gasteiger partial charge in [0.2, 0.25) is 10.0 Å². The van der Waals surface area contributed by atoms with Crippen molar-refractivity contribution in [1.29, 1.82) is 5.26 Å². The summed E-state index contributed by atoms with van der Waals surface area (Å²) in [6, 6.07) is 2.74. The average Bonchev–Trinajstić information content (AvgIpc) is 3.41. The van der Waals surface area contributed by atoms with E-state index in [2.05, 4.69) is 20.1 Å². The molecule has 0 spiro atoms. The van der Waals surface area contributed by atoms with Gasteiger partial charge in [0.25, 0.3) is 0 Å². The van der Waals surface area contributed by atoms with E-state index in [1.807, 2.05) is 0 Å². The molecular formula is C16H17N7O2S. The third-order valence-corrected chi connectivity index (χ3v) is 4.61. The average molecular weight is 382 g/mol. The van der Waals surface area contributed by atoms with Gasteiger partial charge in [0, 0.05) is 51.4 Å². The molecule has 1 saturated heterocycles. The first-order valence-corrected chi connectivity index (χ1v) is 8.47. The number of rotatable bonds is 5. The van der Waals surface area contributed by atoms with Crippen LogP contribution in [0.25, 0.3) is 22.3 Å². The minimum absolute atomic E-state index is 0.103. The Balaban J connectivity index is 1.96. The highest BCUT2D eigenvalue weighted by atomic mass is 32.2. The number of hydrogen-bond donors (Lipinski definition) is 1. The zero-order valence-electron chi connectivity index (χ0n) is 23.8. The van der Waals surface area contributed by atoms with Crippen molar-refractivity contribution >= 4 is 21.1 Å². The van der Waals surface area contributed by atoms with Gasteiger partial charge in [-0.25, -0.2) is 18.4 Å². The molecule has 4 heterocycles. The van der Waals surface area contributed by atoms with Crippen molar-refractivity contribution in [2.45, 2.75) is 18.8 Å². The molecule has 4 rings (SSSR count). The Morgan fingerprint density at radius 2 is 2.38 bits per heavy atom. The first-order chi connectivity index (χ1) is 16.7. The van der Waals surface area contributed by atoms with Crippen LogP contribution >= 0.6 is 0 Å². The van der Waals surface area contributed by atoms with Gasteiger partial charge in [0.1, 0.15) is 17.5 Å². The SMILES string of the molecule is [2H]C([2H])([2H])C([2H])([2H])S(=O)(=O)N1C([2H])([2H])C(n2cc(-c3ncnc4[nH]ccc34)cn2)(C([2H])([2H])C#N)C1([2H])[2H]. The van der Waals surface area contributed by atoms with Gasteiger partial charge < -0.3 is 4.98 Å². The summed E-state index contributed by atoms with van der Waals surface area (Å²) < 4.78 is 113. The van der Waals surface area contributed by atoms with Gasteiger partial charge in [-0.15, -0.1) is 0 Å². The highest BCUT2D eigenvalue weighted by molar-refractivity contribution is 7.89. The number of nitrogens with zero attached hydrogens (tertiary/aromatic N) is 6. The number of nitriles is 1. The predicted octanol–water partition coefficient (Wildman–Crippen LogP) is 1.10. The van der Waals surface area contributed by atoms with Crippen molar-refractivity contribution in [2.24, 2.45) is 0 Å². The van der Waals surface area contributed by atoms with Crippen LogP contribution in [0.3, 0.4) is 0 Å². The summed E-state index contributed by atoms with van der Waals surface area (Å²) in [6.07, 6.45) is 1.25. The van der Waals surface area contributed by atoms with Gasteiger partial charge in [-0.05, 0) is 12.9 Å². The van der Waals surface area contributed by atoms with E-state index in [-0.39, 0.29) is 11.3 Å². The van der Waals surface area contributed by atoms with E-state index >= 15 is 0 Å². The number of hydrogen-bond acceptors (Lipinski definition) is 6. The van der Waals surface area contributed by atoms with E-state index in [1.54, 1.807) is 12.3 Å². The van der Waals surface area contributed by atoms with Gasteiger partial charge >= 0.3 is 0 Å². The minimum atomic E-state index is -5.98. The van der Waals surface area contributed by atoms with Crippen molar-refractivity contribution in [1.82, 2.24) is 29.0 Å². The Kier molecular flexibility index (Phi) is 1.88.